The average molecular weight is 171 g/mol. The molecule has 12 heavy (non-hydrogen) atoms. The van der Waals surface area contributed by atoms with Gasteiger partial charge in [0.05, 0.1) is 5.92 Å². The largest absolute Gasteiger partial charge is 0.373 e. The van der Waals surface area contributed by atoms with Crippen molar-refractivity contribution in [2.45, 2.75) is 44.9 Å². The summed E-state index contributed by atoms with van der Waals surface area (Å²) in [6, 6.07) is 0. The topological polar surface area (TPSA) is 52.3 Å². The van der Waals surface area contributed by atoms with Crippen LogP contribution in [0.15, 0.2) is 0 Å². The van der Waals surface area contributed by atoms with E-state index in [1.54, 1.807) is 0 Å². The van der Waals surface area contributed by atoms with Gasteiger partial charge in [0.1, 0.15) is 0 Å². The molecule has 0 bridgehead atoms. The highest BCUT2D eigenvalue weighted by Crippen LogP contribution is 2.22. The lowest BCUT2D eigenvalue weighted by Crippen LogP contribution is -2.21. The second kappa shape index (κ2) is 5.14. The molecule has 1 rings (SSSR count). The van der Waals surface area contributed by atoms with Gasteiger partial charge >= 0.3 is 5.97 Å². The lowest BCUT2D eigenvalue weighted by Gasteiger charge is -2.16. The zero-order valence-corrected chi connectivity index (χ0v) is 7.42. The van der Waals surface area contributed by atoms with E-state index in [9.17, 15) is 4.79 Å². The summed E-state index contributed by atoms with van der Waals surface area (Å²) in [7, 11) is 0. The van der Waals surface area contributed by atoms with Crippen LogP contribution in [0, 0.1) is 5.92 Å². The Morgan fingerprint density at radius 2 is 1.58 bits per heavy atom. The average Bonchev–Trinajstić information content (AvgIpc) is 2.02. The van der Waals surface area contributed by atoms with Gasteiger partial charge in [0.2, 0.25) is 0 Å². The van der Waals surface area contributed by atoms with Gasteiger partial charge in [-0.25, -0.2) is 0 Å². The number of carbonyl (C=O) groups excluding carboxylic acids is 1. The van der Waals surface area contributed by atoms with Crippen LogP contribution in [0.1, 0.15) is 44.9 Å². The van der Waals surface area contributed by atoms with Gasteiger partial charge < -0.3 is 4.84 Å². The minimum absolute atomic E-state index is 0.0651. The molecule has 0 saturated heterocycles. The quantitative estimate of drug-likeness (QED) is 0.612. The van der Waals surface area contributed by atoms with Crippen molar-refractivity contribution in [1.82, 2.24) is 0 Å². The fraction of sp³-hybridized carbons (Fsp3) is 0.889. The van der Waals surface area contributed by atoms with Crippen molar-refractivity contribution in [2.75, 3.05) is 0 Å². The molecular weight excluding hydrogens is 154 g/mol. The third-order valence-electron chi connectivity index (χ3n) is 2.55. The van der Waals surface area contributed by atoms with Crippen molar-refractivity contribution >= 4 is 5.97 Å². The summed E-state index contributed by atoms with van der Waals surface area (Å²) in [5, 5.41) is 0. The van der Waals surface area contributed by atoms with E-state index < -0.39 is 0 Å². The van der Waals surface area contributed by atoms with Crippen LogP contribution >= 0.6 is 0 Å². The lowest BCUT2D eigenvalue weighted by molar-refractivity contribution is -0.149. The van der Waals surface area contributed by atoms with Gasteiger partial charge in [-0.05, 0) is 12.8 Å². The van der Waals surface area contributed by atoms with Crippen LogP contribution in [-0.2, 0) is 9.63 Å². The van der Waals surface area contributed by atoms with Gasteiger partial charge in [-0.3, -0.25) is 4.79 Å². The highest BCUT2D eigenvalue weighted by Gasteiger charge is 2.19. The van der Waals surface area contributed by atoms with E-state index >= 15 is 0 Å². The van der Waals surface area contributed by atoms with Crippen molar-refractivity contribution in [3.8, 4) is 0 Å². The van der Waals surface area contributed by atoms with Gasteiger partial charge in [0.25, 0.3) is 0 Å². The Morgan fingerprint density at radius 3 is 2.08 bits per heavy atom. The molecule has 0 aromatic rings. The summed E-state index contributed by atoms with van der Waals surface area (Å²) < 4.78 is 0. The van der Waals surface area contributed by atoms with E-state index in [1.165, 1.54) is 19.3 Å². The smallest absolute Gasteiger partial charge is 0.327 e. The highest BCUT2D eigenvalue weighted by molar-refractivity contribution is 5.71. The van der Waals surface area contributed by atoms with E-state index in [1.807, 2.05) is 0 Å². The standard InChI is InChI=1S/C9H17NO2/c10-12-9(11)8-6-4-2-1-3-5-7-8/h8H,1-7,10H2. The van der Waals surface area contributed by atoms with Crippen LogP contribution in [0.2, 0.25) is 0 Å². The molecule has 2 N–H and O–H groups in total. The second-order valence-electron chi connectivity index (χ2n) is 3.48. The first-order chi connectivity index (χ1) is 5.84. The van der Waals surface area contributed by atoms with E-state index in [0.717, 1.165) is 25.7 Å². The maximum Gasteiger partial charge on any atom is 0.327 e. The van der Waals surface area contributed by atoms with E-state index in [-0.39, 0.29) is 11.9 Å². The van der Waals surface area contributed by atoms with Crippen LogP contribution in [0.4, 0.5) is 0 Å². The molecule has 0 aromatic heterocycles. The summed E-state index contributed by atoms with van der Waals surface area (Å²) in [6.45, 7) is 0. The highest BCUT2D eigenvalue weighted by atomic mass is 16.7. The molecule has 0 aromatic carbocycles. The fourth-order valence-electron chi connectivity index (χ4n) is 1.79. The molecule has 1 aliphatic carbocycles. The van der Waals surface area contributed by atoms with Crippen molar-refractivity contribution < 1.29 is 9.63 Å². The van der Waals surface area contributed by atoms with Crippen molar-refractivity contribution in [1.29, 1.82) is 0 Å². The summed E-state index contributed by atoms with van der Waals surface area (Å²) in [4.78, 5) is 15.3. The molecule has 3 heteroatoms. The van der Waals surface area contributed by atoms with Gasteiger partial charge in [-0.2, -0.15) is 5.90 Å². The maximum absolute atomic E-state index is 11.1. The van der Waals surface area contributed by atoms with Crippen LogP contribution in [0.3, 0.4) is 0 Å². The van der Waals surface area contributed by atoms with Gasteiger partial charge in [-0.15, -0.1) is 0 Å². The number of rotatable bonds is 1. The SMILES string of the molecule is NOC(=O)C1CCCCCCC1. The Balaban J connectivity index is 2.34. The number of hydrogen-bond donors (Lipinski definition) is 1. The first-order valence-corrected chi connectivity index (χ1v) is 4.75. The number of carbonyl (C=O) groups is 1. The molecule has 0 amide bonds. The molecular formula is C9H17NO2. The molecule has 0 heterocycles. The molecule has 3 nitrogen and oxygen atoms in total. The predicted octanol–water partition coefficient (Wildman–Crippen LogP) is 1.76. The minimum Gasteiger partial charge on any atom is -0.373 e. The normalized spacial score (nSPS) is 21.1. The van der Waals surface area contributed by atoms with E-state index in [2.05, 4.69) is 4.84 Å². The zero-order chi connectivity index (χ0) is 8.81. The van der Waals surface area contributed by atoms with Crippen LogP contribution in [0.5, 0.6) is 0 Å². The molecule has 1 aliphatic rings. The van der Waals surface area contributed by atoms with E-state index in [4.69, 9.17) is 5.90 Å². The molecule has 1 fully saturated rings. The fourth-order valence-corrected chi connectivity index (χ4v) is 1.79. The van der Waals surface area contributed by atoms with Crippen LogP contribution in [-0.4, -0.2) is 5.97 Å². The Morgan fingerprint density at radius 1 is 1.08 bits per heavy atom. The molecule has 0 radical (unpaired) electrons. The Kier molecular flexibility index (Phi) is 4.08. The number of nitrogens with two attached hydrogens (primary N) is 1. The Hall–Kier alpha value is -0.570. The summed E-state index contributed by atoms with van der Waals surface area (Å²) in [6.07, 6.45) is 7.98. The van der Waals surface area contributed by atoms with Crippen LogP contribution in [0.25, 0.3) is 0 Å². The van der Waals surface area contributed by atoms with Gasteiger partial charge in [0.15, 0.2) is 0 Å². The molecule has 0 atom stereocenters. The Labute approximate surface area is 73.2 Å². The Bertz CT molecular complexity index is 139. The van der Waals surface area contributed by atoms with Gasteiger partial charge in [-0.1, -0.05) is 32.1 Å². The lowest BCUT2D eigenvalue weighted by atomic mass is 9.91. The predicted molar refractivity (Wildman–Crippen MR) is 46.1 cm³/mol. The van der Waals surface area contributed by atoms with Crippen molar-refractivity contribution in [3.63, 3.8) is 0 Å². The summed E-state index contributed by atoms with van der Waals surface area (Å²) in [5.41, 5.74) is 0. The molecule has 0 aliphatic heterocycles. The second-order valence-corrected chi connectivity index (χ2v) is 3.48. The third-order valence-corrected chi connectivity index (χ3v) is 2.55. The zero-order valence-electron chi connectivity index (χ0n) is 7.42. The van der Waals surface area contributed by atoms with Gasteiger partial charge in [0, 0.05) is 0 Å². The monoisotopic (exact) mass is 171 g/mol. The molecule has 0 unspecified atom stereocenters. The van der Waals surface area contributed by atoms with E-state index in [0.29, 0.717) is 0 Å². The van der Waals surface area contributed by atoms with Crippen LogP contribution < -0.4 is 5.90 Å². The molecule has 1 saturated carbocycles. The maximum atomic E-state index is 11.1. The molecule has 0 spiro atoms. The van der Waals surface area contributed by atoms with Crippen molar-refractivity contribution in [2.24, 2.45) is 11.8 Å². The third kappa shape index (κ3) is 2.81. The number of hydrogen-bond acceptors (Lipinski definition) is 3. The first-order valence-electron chi connectivity index (χ1n) is 4.75. The summed E-state index contributed by atoms with van der Waals surface area (Å²) in [5.74, 6) is 4.68. The molecule has 70 valence electrons. The first kappa shape index (κ1) is 9.52. The van der Waals surface area contributed by atoms with Crippen molar-refractivity contribution in [3.05, 3.63) is 0 Å². The summed E-state index contributed by atoms with van der Waals surface area (Å²) >= 11 is 0. The minimum atomic E-state index is -0.225.